The Morgan fingerprint density at radius 3 is 2.31 bits per heavy atom. The second kappa shape index (κ2) is 7.79. The minimum Gasteiger partial charge on any atom is -0.370 e. The van der Waals surface area contributed by atoms with Crippen LogP contribution in [0.2, 0.25) is 0 Å². The molecule has 29 heavy (non-hydrogen) atoms. The van der Waals surface area contributed by atoms with Crippen molar-refractivity contribution in [1.29, 1.82) is 0 Å². The first kappa shape index (κ1) is 18.7. The molecule has 1 aliphatic rings. The van der Waals surface area contributed by atoms with Crippen molar-refractivity contribution in [3.8, 4) is 5.69 Å². The van der Waals surface area contributed by atoms with Gasteiger partial charge >= 0.3 is 0 Å². The van der Waals surface area contributed by atoms with Crippen LogP contribution in [0.25, 0.3) is 5.69 Å². The lowest BCUT2D eigenvalue weighted by molar-refractivity contribution is 0.0996. The zero-order valence-corrected chi connectivity index (χ0v) is 16.3. The number of aromatic nitrogens is 2. The third-order valence-corrected chi connectivity index (χ3v) is 5.09. The summed E-state index contributed by atoms with van der Waals surface area (Å²) >= 11 is 0. The number of carbonyl (C=O) groups excluding carboxylic acids is 2. The van der Waals surface area contributed by atoms with Crippen LogP contribution in [0.1, 0.15) is 39.3 Å². The molecule has 0 spiro atoms. The summed E-state index contributed by atoms with van der Waals surface area (Å²) in [6.07, 6.45) is 4.10. The topological polar surface area (TPSA) is 93.2 Å². The van der Waals surface area contributed by atoms with Gasteiger partial charge in [0.05, 0.1) is 22.8 Å². The van der Waals surface area contributed by atoms with Gasteiger partial charge in [-0.15, -0.1) is 0 Å². The van der Waals surface area contributed by atoms with E-state index in [4.69, 9.17) is 5.73 Å². The Morgan fingerprint density at radius 1 is 1.00 bits per heavy atom. The van der Waals surface area contributed by atoms with Crippen LogP contribution in [0, 0.1) is 6.92 Å². The van der Waals surface area contributed by atoms with Crippen LogP contribution in [-0.2, 0) is 0 Å². The normalized spacial score (nSPS) is 13.5. The molecular formula is C22H23N5O2. The van der Waals surface area contributed by atoms with Crippen molar-refractivity contribution in [2.45, 2.75) is 19.8 Å². The van der Waals surface area contributed by atoms with E-state index >= 15 is 0 Å². The van der Waals surface area contributed by atoms with Crippen LogP contribution < -0.4 is 16.0 Å². The van der Waals surface area contributed by atoms with Gasteiger partial charge in [0.25, 0.3) is 5.91 Å². The molecule has 0 bridgehead atoms. The number of hydrogen-bond donors (Lipinski definition) is 2. The number of carbonyl (C=O) groups is 2. The molecule has 1 aromatic heterocycles. The average molecular weight is 389 g/mol. The number of nitrogens with zero attached hydrogens (tertiary/aromatic N) is 3. The van der Waals surface area contributed by atoms with Crippen LogP contribution in [0.4, 0.5) is 11.4 Å². The zero-order chi connectivity index (χ0) is 20.4. The Morgan fingerprint density at radius 2 is 1.69 bits per heavy atom. The highest BCUT2D eigenvalue weighted by Gasteiger charge is 2.19. The van der Waals surface area contributed by atoms with Gasteiger partial charge in [0, 0.05) is 30.4 Å². The van der Waals surface area contributed by atoms with E-state index in [0.717, 1.165) is 43.0 Å². The fraction of sp³-hybridized carbons (Fsp3) is 0.227. The first-order valence-electron chi connectivity index (χ1n) is 9.64. The smallest absolute Gasteiger partial charge is 0.255 e. The number of primary amides is 1. The number of benzene rings is 2. The molecule has 0 aliphatic carbocycles. The van der Waals surface area contributed by atoms with Gasteiger partial charge in [0.1, 0.15) is 0 Å². The summed E-state index contributed by atoms with van der Waals surface area (Å²) in [7, 11) is 0. The highest BCUT2D eigenvalue weighted by atomic mass is 16.2. The quantitative estimate of drug-likeness (QED) is 0.701. The fourth-order valence-electron chi connectivity index (χ4n) is 3.54. The number of anilines is 2. The van der Waals surface area contributed by atoms with E-state index < -0.39 is 5.91 Å². The SMILES string of the molecule is Cc1ccn(-c2ccc(C(=O)Nc3cc(C(N)=O)ccc3N3CCCC3)cc2)n1. The largest absolute Gasteiger partial charge is 0.370 e. The summed E-state index contributed by atoms with van der Waals surface area (Å²) in [6.45, 7) is 3.78. The molecule has 2 heterocycles. The van der Waals surface area contributed by atoms with Gasteiger partial charge < -0.3 is 16.0 Å². The van der Waals surface area contributed by atoms with Crippen LogP contribution in [0.5, 0.6) is 0 Å². The average Bonchev–Trinajstić information content (AvgIpc) is 3.40. The van der Waals surface area contributed by atoms with Crippen LogP contribution in [-0.4, -0.2) is 34.7 Å². The van der Waals surface area contributed by atoms with Gasteiger partial charge in [-0.2, -0.15) is 5.10 Å². The minimum absolute atomic E-state index is 0.240. The molecule has 1 fully saturated rings. The summed E-state index contributed by atoms with van der Waals surface area (Å²) in [5.74, 6) is -0.761. The Kier molecular flexibility index (Phi) is 5.03. The van der Waals surface area contributed by atoms with E-state index in [9.17, 15) is 9.59 Å². The zero-order valence-electron chi connectivity index (χ0n) is 16.3. The third-order valence-electron chi connectivity index (χ3n) is 5.09. The van der Waals surface area contributed by atoms with Crippen LogP contribution >= 0.6 is 0 Å². The van der Waals surface area contributed by atoms with Crippen molar-refractivity contribution >= 4 is 23.2 Å². The van der Waals surface area contributed by atoms with Crippen molar-refractivity contribution in [3.05, 3.63) is 71.5 Å². The molecular weight excluding hydrogens is 366 g/mol. The number of amides is 2. The molecule has 148 valence electrons. The maximum Gasteiger partial charge on any atom is 0.255 e. The Bertz CT molecular complexity index is 1050. The van der Waals surface area contributed by atoms with Gasteiger partial charge in [-0.25, -0.2) is 4.68 Å². The molecule has 2 amide bonds. The molecule has 0 unspecified atom stereocenters. The molecule has 1 aliphatic heterocycles. The lowest BCUT2D eigenvalue weighted by atomic mass is 10.1. The van der Waals surface area contributed by atoms with Crippen molar-refractivity contribution in [1.82, 2.24) is 9.78 Å². The standard InChI is InChI=1S/C22H23N5O2/c1-15-10-13-27(25-15)18-7-4-16(5-8-18)22(29)24-19-14-17(21(23)28)6-9-20(19)26-11-2-3-12-26/h4-10,13-14H,2-3,11-12H2,1H3,(H2,23,28)(H,24,29). The predicted octanol–water partition coefficient (Wildman–Crippen LogP) is 3.13. The van der Waals surface area contributed by atoms with Gasteiger partial charge in [0.2, 0.25) is 5.91 Å². The molecule has 0 atom stereocenters. The highest BCUT2D eigenvalue weighted by molar-refractivity contribution is 6.07. The van der Waals surface area contributed by atoms with Crippen molar-refractivity contribution in [2.24, 2.45) is 5.73 Å². The Labute approximate surface area is 169 Å². The van der Waals surface area contributed by atoms with Gasteiger partial charge in [-0.05, 0) is 68.3 Å². The van der Waals surface area contributed by atoms with Crippen LogP contribution in [0.3, 0.4) is 0 Å². The molecule has 7 heteroatoms. The summed E-state index contributed by atoms with van der Waals surface area (Å²) in [6, 6.07) is 14.3. The molecule has 7 nitrogen and oxygen atoms in total. The maximum absolute atomic E-state index is 12.8. The monoisotopic (exact) mass is 389 g/mol. The van der Waals surface area contributed by atoms with Crippen LogP contribution in [0.15, 0.2) is 54.7 Å². The molecule has 3 N–H and O–H groups in total. The van der Waals surface area contributed by atoms with Gasteiger partial charge in [-0.1, -0.05) is 0 Å². The first-order valence-corrected chi connectivity index (χ1v) is 9.64. The van der Waals surface area contributed by atoms with E-state index in [1.54, 1.807) is 28.9 Å². The van der Waals surface area contributed by atoms with E-state index in [0.29, 0.717) is 16.8 Å². The summed E-state index contributed by atoms with van der Waals surface area (Å²) < 4.78 is 1.76. The van der Waals surface area contributed by atoms with Gasteiger partial charge in [0.15, 0.2) is 0 Å². The summed E-state index contributed by atoms with van der Waals surface area (Å²) in [5, 5.41) is 7.32. The summed E-state index contributed by atoms with van der Waals surface area (Å²) in [5.41, 5.74) is 9.63. The second-order valence-corrected chi connectivity index (χ2v) is 7.19. The number of nitrogens with two attached hydrogens (primary N) is 1. The number of hydrogen-bond acceptors (Lipinski definition) is 4. The fourth-order valence-corrected chi connectivity index (χ4v) is 3.54. The van der Waals surface area contributed by atoms with E-state index in [1.165, 1.54) is 0 Å². The molecule has 0 saturated carbocycles. The van der Waals surface area contributed by atoms with E-state index in [1.807, 2.05) is 37.4 Å². The molecule has 1 saturated heterocycles. The summed E-state index contributed by atoms with van der Waals surface area (Å²) in [4.78, 5) is 26.7. The third kappa shape index (κ3) is 3.99. The van der Waals surface area contributed by atoms with Gasteiger partial charge in [-0.3, -0.25) is 9.59 Å². The first-order chi connectivity index (χ1) is 14.0. The lowest BCUT2D eigenvalue weighted by Gasteiger charge is -2.22. The van der Waals surface area contributed by atoms with Crippen molar-refractivity contribution in [2.75, 3.05) is 23.3 Å². The van der Waals surface area contributed by atoms with E-state index in [2.05, 4.69) is 15.3 Å². The highest BCUT2D eigenvalue weighted by Crippen LogP contribution is 2.30. The minimum atomic E-state index is -0.521. The van der Waals surface area contributed by atoms with E-state index in [-0.39, 0.29) is 5.91 Å². The maximum atomic E-state index is 12.8. The Hall–Kier alpha value is -3.61. The molecule has 0 radical (unpaired) electrons. The second-order valence-electron chi connectivity index (χ2n) is 7.19. The van der Waals surface area contributed by atoms with Crippen molar-refractivity contribution < 1.29 is 9.59 Å². The number of nitrogens with one attached hydrogen (secondary N) is 1. The number of aryl methyl sites for hydroxylation is 1. The predicted molar refractivity (Wildman–Crippen MR) is 113 cm³/mol. The molecule has 3 aromatic rings. The van der Waals surface area contributed by atoms with Crippen molar-refractivity contribution in [3.63, 3.8) is 0 Å². The molecule has 2 aromatic carbocycles. The molecule has 4 rings (SSSR count). The Balaban J connectivity index is 1.58. The lowest BCUT2D eigenvalue weighted by Crippen LogP contribution is -2.22. The number of rotatable bonds is 5.